The topological polar surface area (TPSA) is 126 Å². The third kappa shape index (κ3) is 9.13. The standard InChI is InChI=1S/C35H48N6O4S/c1-23-21-29(41(40-23)27-15-11-8-12-16-27)37-34(44)31(35(3,4)46-22-25-17-19-28(45-6)20-18-25)39-33(43)30(26-13-9-7-10-14-26)38-32(42)24(2)36-5/h8,11-12,15-21,24,26,30-31,36H,7,9-10,13-14,22H2,1-6H3,(H,37,44)(H,38,42)(H,39,43)/t24-,30-,31+/m0/s1. The second-order valence-corrected chi connectivity index (χ2v) is 14.1. The first-order valence-corrected chi connectivity index (χ1v) is 17.0. The Morgan fingerprint density at radius 2 is 1.65 bits per heavy atom. The van der Waals surface area contributed by atoms with Crippen LogP contribution >= 0.6 is 11.8 Å². The van der Waals surface area contributed by atoms with Crippen molar-refractivity contribution >= 4 is 35.3 Å². The van der Waals surface area contributed by atoms with Gasteiger partial charge in [0.05, 0.1) is 24.5 Å². The Morgan fingerprint density at radius 3 is 2.28 bits per heavy atom. The van der Waals surface area contributed by atoms with Gasteiger partial charge >= 0.3 is 0 Å². The molecule has 1 fully saturated rings. The highest BCUT2D eigenvalue weighted by atomic mass is 32.2. The molecule has 0 saturated heterocycles. The molecule has 0 bridgehead atoms. The minimum Gasteiger partial charge on any atom is -0.497 e. The summed E-state index contributed by atoms with van der Waals surface area (Å²) in [6.45, 7) is 7.55. The first kappa shape index (κ1) is 35.0. The number of ether oxygens (including phenoxy) is 1. The Morgan fingerprint density at radius 1 is 0.978 bits per heavy atom. The average molecular weight is 649 g/mol. The highest BCUT2D eigenvalue weighted by Gasteiger charge is 2.41. The number of thioether (sulfide) groups is 1. The predicted octanol–water partition coefficient (Wildman–Crippen LogP) is 5.00. The molecule has 248 valence electrons. The summed E-state index contributed by atoms with van der Waals surface area (Å²) in [5, 5.41) is 16.7. The molecule has 11 heteroatoms. The van der Waals surface area contributed by atoms with Crippen molar-refractivity contribution in [2.24, 2.45) is 5.92 Å². The number of hydrogen-bond donors (Lipinski definition) is 4. The van der Waals surface area contributed by atoms with E-state index in [9.17, 15) is 14.4 Å². The summed E-state index contributed by atoms with van der Waals surface area (Å²) >= 11 is 1.57. The zero-order chi connectivity index (χ0) is 33.3. The SMILES string of the molecule is CN[C@@H](C)C(=O)N[C@H](C(=O)N[C@H](C(=O)Nc1cc(C)nn1-c1ccccc1)C(C)(C)SCc1ccc(OC)cc1)C1CCCCC1. The van der Waals surface area contributed by atoms with E-state index in [-0.39, 0.29) is 23.6 Å². The number of carbonyl (C=O) groups is 3. The molecule has 10 nitrogen and oxygen atoms in total. The van der Waals surface area contributed by atoms with Gasteiger partial charge in [0.2, 0.25) is 17.7 Å². The smallest absolute Gasteiger partial charge is 0.249 e. The number of benzene rings is 2. The Labute approximate surface area is 276 Å². The van der Waals surface area contributed by atoms with Gasteiger partial charge in [-0.15, -0.1) is 11.8 Å². The second-order valence-electron chi connectivity index (χ2n) is 12.5. The van der Waals surface area contributed by atoms with E-state index in [0.29, 0.717) is 11.6 Å². The molecular formula is C35H48N6O4S. The number of rotatable bonds is 14. The number of aromatic nitrogens is 2. The first-order chi connectivity index (χ1) is 22.0. The molecule has 0 unspecified atom stereocenters. The van der Waals surface area contributed by atoms with Crippen molar-refractivity contribution in [3.05, 3.63) is 71.9 Å². The molecule has 0 radical (unpaired) electrons. The van der Waals surface area contributed by atoms with Crippen LogP contribution < -0.4 is 26.0 Å². The quantitative estimate of drug-likeness (QED) is 0.194. The lowest BCUT2D eigenvalue weighted by Crippen LogP contribution is -2.61. The fraction of sp³-hybridized carbons (Fsp3) is 0.486. The van der Waals surface area contributed by atoms with Gasteiger partial charge in [-0.2, -0.15) is 5.10 Å². The van der Waals surface area contributed by atoms with E-state index in [1.807, 2.05) is 81.4 Å². The van der Waals surface area contributed by atoms with Crippen molar-refractivity contribution in [1.29, 1.82) is 0 Å². The molecule has 1 heterocycles. The number of nitrogens with one attached hydrogen (secondary N) is 4. The van der Waals surface area contributed by atoms with Crippen molar-refractivity contribution in [1.82, 2.24) is 25.7 Å². The third-order valence-corrected chi connectivity index (χ3v) is 10.1. The largest absolute Gasteiger partial charge is 0.497 e. The van der Waals surface area contributed by atoms with Crippen molar-refractivity contribution in [3.63, 3.8) is 0 Å². The van der Waals surface area contributed by atoms with Crippen molar-refractivity contribution in [3.8, 4) is 11.4 Å². The summed E-state index contributed by atoms with van der Waals surface area (Å²) in [5.41, 5.74) is 2.61. The van der Waals surface area contributed by atoms with Gasteiger partial charge in [0.25, 0.3) is 0 Å². The molecule has 3 atom stereocenters. The first-order valence-electron chi connectivity index (χ1n) is 16.0. The lowest BCUT2D eigenvalue weighted by Gasteiger charge is -2.36. The van der Waals surface area contributed by atoms with E-state index in [0.717, 1.165) is 54.8 Å². The monoisotopic (exact) mass is 648 g/mol. The van der Waals surface area contributed by atoms with Crippen molar-refractivity contribution in [2.75, 3.05) is 19.5 Å². The maximum Gasteiger partial charge on any atom is 0.249 e. The van der Waals surface area contributed by atoms with Crippen LogP contribution in [0.4, 0.5) is 5.82 Å². The minimum atomic E-state index is -0.938. The molecule has 4 rings (SSSR count). The molecule has 0 spiro atoms. The lowest BCUT2D eigenvalue weighted by atomic mass is 9.83. The average Bonchev–Trinajstić information content (AvgIpc) is 3.44. The fourth-order valence-electron chi connectivity index (χ4n) is 5.69. The van der Waals surface area contributed by atoms with Crippen LogP contribution in [-0.4, -0.2) is 64.5 Å². The number of nitrogens with zero attached hydrogens (tertiary/aromatic N) is 2. The summed E-state index contributed by atoms with van der Waals surface area (Å²) in [6, 6.07) is 17.0. The number of carbonyl (C=O) groups excluding carboxylic acids is 3. The molecule has 3 aromatic rings. The number of anilines is 1. The van der Waals surface area contributed by atoms with Gasteiger partial charge < -0.3 is 26.0 Å². The van der Waals surface area contributed by atoms with E-state index < -0.39 is 22.9 Å². The molecular weight excluding hydrogens is 600 g/mol. The van der Waals surface area contributed by atoms with Crippen LogP contribution in [0.3, 0.4) is 0 Å². The third-order valence-electron chi connectivity index (χ3n) is 8.63. The maximum absolute atomic E-state index is 14.3. The lowest BCUT2D eigenvalue weighted by molar-refractivity contribution is -0.133. The van der Waals surface area contributed by atoms with E-state index in [1.165, 1.54) is 0 Å². The second kappa shape index (κ2) is 16.1. The molecule has 1 saturated carbocycles. The van der Waals surface area contributed by atoms with Crippen LogP contribution in [0.5, 0.6) is 5.75 Å². The van der Waals surface area contributed by atoms with Gasteiger partial charge in [-0.25, -0.2) is 4.68 Å². The van der Waals surface area contributed by atoms with E-state index in [2.05, 4.69) is 26.4 Å². The van der Waals surface area contributed by atoms with E-state index in [1.54, 1.807) is 37.5 Å². The van der Waals surface area contributed by atoms with Gasteiger partial charge in [-0.3, -0.25) is 14.4 Å². The molecule has 2 aromatic carbocycles. The van der Waals surface area contributed by atoms with Gasteiger partial charge in [0.15, 0.2) is 0 Å². The Hall–Kier alpha value is -3.83. The van der Waals surface area contributed by atoms with E-state index in [4.69, 9.17) is 4.74 Å². The zero-order valence-electron chi connectivity index (χ0n) is 27.8. The summed E-state index contributed by atoms with van der Waals surface area (Å²) < 4.78 is 6.25. The van der Waals surface area contributed by atoms with E-state index >= 15 is 0 Å². The number of hydrogen-bond acceptors (Lipinski definition) is 7. The van der Waals surface area contributed by atoms with Gasteiger partial charge in [0.1, 0.15) is 23.7 Å². The predicted molar refractivity (Wildman–Crippen MR) is 184 cm³/mol. The highest BCUT2D eigenvalue weighted by molar-refractivity contribution is 7.99. The summed E-state index contributed by atoms with van der Waals surface area (Å²) in [6.07, 6.45) is 4.80. The molecule has 1 aliphatic rings. The van der Waals surface area contributed by atoms with Crippen LogP contribution in [0.15, 0.2) is 60.7 Å². The molecule has 46 heavy (non-hydrogen) atoms. The number of amides is 3. The fourth-order valence-corrected chi connectivity index (χ4v) is 6.75. The van der Waals surface area contributed by atoms with Crippen LogP contribution in [0.1, 0.15) is 64.1 Å². The normalized spacial score (nSPS) is 15.8. The summed E-state index contributed by atoms with van der Waals surface area (Å²) in [5.74, 6) is 0.909. The minimum absolute atomic E-state index is 0.0114. The maximum atomic E-state index is 14.3. The Balaban J connectivity index is 1.63. The van der Waals surface area contributed by atoms with Crippen LogP contribution in [0, 0.1) is 12.8 Å². The summed E-state index contributed by atoms with van der Waals surface area (Å²) in [4.78, 5) is 41.5. The highest BCUT2D eigenvalue weighted by Crippen LogP contribution is 2.34. The van der Waals surface area contributed by atoms with Crippen molar-refractivity contribution < 1.29 is 19.1 Å². The van der Waals surface area contributed by atoms with Crippen molar-refractivity contribution in [2.45, 2.75) is 88.4 Å². The van der Waals surface area contributed by atoms with Crippen LogP contribution in [0.2, 0.25) is 0 Å². The summed E-state index contributed by atoms with van der Waals surface area (Å²) in [7, 11) is 3.34. The number of aryl methyl sites for hydroxylation is 1. The Bertz CT molecular complexity index is 1450. The zero-order valence-corrected chi connectivity index (χ0v) is 28.6. The van der Waals surface area contributed by atoms with Gasteiger partial charge in [-0.1, -0.05) is 49.6 Å². The number of methoxy groups -OCH3 is 1. The molecule has 1 aliphatic carbocycles. The molecule has 1 aromatic heterocycles. The van der Waals surface area contributed by atoms with Gasteiger partial charge in [-0.05, 0) is 83.3 Å². The number of para-hydroxylation sites is 1. The molecule has 3 amide bonds. The number of likely N-dealkylation sites (N-methyl/N-ethyl adjacent to an activating group) is 1. The van der Waals surface area contributed by atoms with Crippen LogP contribution in [-0.2, 0) is 20.1 Å². The molecule has 4 N–H and O–H groups in total. The molecule has 0 aliphatic heterocycles. The Kier molecular flexibility index (Phi) is 12.3. The van der Waals surface area contributed by atoms with Crippen LogP contribution in [0.25, 0.3) is 5.69 Å². The van der Waals surface area contributed by atoms with Gasteiger partial charge in [0, 0.05) is 16.6 Å².